The molecule has 0 bridgehead atoms. The van der Waals surface area contributed by atoms with Gasteiger partial charge >= 0.3 is 5.97 Å². The van der Waals surface area contributed by atoms with Crippen LogP contribution in [0.4, 0.5) is 11.4 Å². The number of esters is 1. The molecule has 0 radical (unpaired) electrons. The van der Waals surface area contributed by atoms with Crippen LogP contribution in [0.25, 0.3) is 0 Å². The maximum Gasteiger partial charge on any atom is 0.357 e. The topological polar surface area (TPSA) is 83.7 Å². The molecule has 0 saturated heterocycles. The minimum absolute atomic E-state index is 0.113. The van der Waals surface area contributed by atoms with E-state index in [1.807, 2.05) is 19.1 Å². The average molecular weight is 385 g/mol. The normalized spacial score (nSPS) is 16.7. The van der Waals surface area contributed by atoms with Crippen LogP contribution in [0.2, 0.25) is 5.02 Å². The Bertz CT molecular complexity index is 928. The predicted molar refractivity (Wildman–Crippen MR) is 102 cm³/mol. The number of anilines is 1. The van der Waals surface area contributed by atoms with Crippen LogP contribution in [-0.4, -0.2) is 30.2 Å². The van der Waals surface area contributed by atoms with Crippen molar-refractivity contribution in [1.29, 1.82) is 0 Å². The molecule has 1 heterocycles. The summed E-state index contributed by atoms with van der Waals surface area (Å²) in [4.78, 5) is 25.0. The van der Waals surface area contributed by atoms with Crippen molar-refractivity contribution >= 4 is 40.6 Å². The van der Waals surface area contributed by atoms with Crippen LogP contribution in [0.3, 0.4) is 0 Å². The van der Waals surface area contributed by atoms with Crippen LogP contribution >= 0.6 is 11.6 Å². The van der Waals surface area contributed by atoms with Gasteiger partial charge in [0.2, 0.25) is 6.04 Å². The van der Waals surface area contributed by atoms with Gasteiger partial charge < -0.3 is 4.74 Å². The Kier molecular flexibility index (Phi) is 5.61. The molecule has 1 atom stereocenters. The predicted octanol–water partition coefficient (Wildman–Crippen LogP) is 4.07. The van der Waals surface area contributed by atoms with E-state index in [4.69, 9.17) is 16.3 Å². The second kappa shape index (κ2) is 8.09. The molecule has 1 aliphatic rings. The van der Waals surface area contributed by atoms with Gasteiger partial charge in [0.15, 0.2) is 5.71 Å². The Morgan fingerprint density at radius 2 is 2.00 bits per heavy atom. The molecule has 0 fully saturated rings. The smallest absolute Gasteiger partial charge is 0.357 e. The number of amides is 1. The fourth-order valence-corrected chi connectivity index (χ4v) is 2.75. The summed E-state index contributed by atoms with van der Waals surface area (Å²) in [6, 6.07) is 12.8. The minimum atomic E-state index is -1.19. The van der Waals surface area contributed by atoms with Gasteiger partial charge in [-0.25, -0.2) is 4.79 Å². The van der Waals surface area contributed by atoms with Crippen LogP contribution in [0, 0.1) is 6.92 Å². The molecule has 0 aliphatic carbocycles. The highest BCUT2D eigenvalue weighted by atomic mass is 35.5. The molecule has 27 heavy (non-hydrogen) atoms. The Labute approximate surface area is 161 Å². The number of azo groups is 1. The van der Waals surface area contributed by atoms with Crippen molar-refractivity contribution in [2.24, 2.45) is 15.3 Å². The van der Waals surface area contributed by atoms with E-state index in [0.717, 1.165) is 10.6 Å². The number of hydrogen-bond acceptors (Lipinski definition) is 6. The Balaban J connectivity index is 1.94. The summed E-state index contributed by atoms with van der Waals surface area (Å²) in [5, 5.41) is 13.8. The van der Waals surface area contributed by atoms with Crippen molar-refractivity contribution in [1.82, 2.24) is 0 Å². The number of hydrazone groups is 1. The zero-order valence-electron chi connectivity index (χ0n) is 14.8. The number of carbonyl (C=O) groups excluding carboxylic acids is 2. The summed E-state index contributed by atoms with van der Waals surface area (Å²) in [5.41, 5.74) is 1.78. The number of carbonyl (C=O) groups is 2. The third kappa shape index (κ3) is 4.03. The second-order valence-electron chi connectivity index (χ2n) is 5.76. The summed E-state index contributed by atoms with van der Waals surface area (Å²) >= 11 is 6.15. The van der Waals surface area contributed by atoms with Crippen molar-refractivity contribution in [3.8, 4) is 0 Å². The van der Waals surface area contributed by atoms with E-state index < -0.39 is 17.9 Å². The van der Waals surface area contributed by atoms with Crippen LogP contribution in [0.5, 0.6) is 0 Å². The van der Waals surface area contributed by atoms with Crippen molar-refractivity contribution in [3.05, 3.63) is 59.1 Å². The van der Waals surface area contributed by atoms with E-state index in [-0.39, 0.29) is 12.3 Å². The summed E-state index contributed by atoms with van der Waals surface area (Å²) in [6.07, 6.45) is 0. The lowest BCUT2D eigenvalue weighted by Crippen LogP contribution is -2.33. The molecule has 7 nitrogen and oxygen atoms in total. The van der Waals surface area contributed by atoms with Gasteiger partial charge in [-0.15, -0.1) is 0 Å². The largest absolute Gasteiger partial charge is 0.461 e. The minimum Gasteiger partial charge on any atom is -0.461 e. The third-order valence-electron chi connectivity index (χ3n) is 3.78. The summed E-state index contributed by atoms with van der Waals surface area (Å²) in [6.45, 7) is 3.73. The summed E-state index contributed by atoms with van der Waals surface area (Å²) < 4.78 is 5.00. The number of para-hydroxylation sites is 1. The first kappa shape index (κ1) is 18.7. The number of hydrogen-bond donors (Lipinski definition) is 0. The number of ether oxygens (including phenoxy) is 1. The van der Waals surface area contributed by atoms with Crippen molar-refractivity contribution in [3.63, 3.8) is 0 Å². The fourth-order valence-electron chi connectivity index (χ4n) is 2.47. The first-order valence-corrected chi connectivity index (χ1v) is 8.70. The van der Waals surface area contributed by atoms with Gasteiger partial charge in [0.1, 0.15) is 5.69 Å². The van der Waals surface area contributed by atoms with Crippen LogP contribution in [0.1, 0.15) is 12.5 Å². The highest BCUT2D eigenvalue weighted by Crippen LogP contribution is 2.28. The van der Waals surface area contributed by atoms with E-state index in [1.54, 1.807) is 43.3 Å². The lowest BCUT2D eigenvalue weighted by atomic mass is 10.2. The van der Waals surface area contributed by atoms with E-state index in [9.17, 15) is 9.59 Å². The van der Waals surface area contributed by atoms with Crippen LogP contribution < -0.4 is 5.01 Å². The number of benzene rings is 2. The van der Waals surface area contributed by atoms with Gasteiger partial charge in [-0.3, -0.25) is 4.79 Å². The number of rotatable bonds is 5. The van der Waals surface area contributed by atoms with Gasteiger partial charge in [0.25, 0.3) is 5.91 Å². The highest BCUT2D eigenvalue weighted by Gasteiger charge is 2.41. The third-order valence-corrected chi connectivity index (χ3v) is 4.08. The second-order valence-corrected chi connectivity index (χ2v) is 6.17. The standard InChI is InChI=1S/C19H17ClN4O3/c1-3-27-19(26)17-16(22-21-15-10-9-12(2)11-14(15)20)18(25)24(23-17)13-7-5-4-6-8-13/h4-11,16H,3H2,1-2H3. The fraction of sp³-hybridized carbons (Fsp3) is 0.211. The summed E-state index contributed by atoms with van der Waals surface area (Å²) in [7, 11) is 0. The van der Waals surface area contributed by atoms with E-state index in [0.29, 0.717) is 16.4 Å². The molecule has 3 rings (SSSR count). The zero-order chi connectivity index (χ0) is 19.4. The Hall–Kier alpha value is -3.06. The van der Waals surface area contributed by atoms with Gasteiger partial charge in [0.05, 0.1) is 17.3 Å². The molecule has 2 aromatic rings. The van der Waals surface area contributed by atoms with Crippen LogP contribution in [-0.2, 0) is 14.3 Å². The average Bonchev–Trinajstić information content (AvgIpc) is 2.99. The molecule has 0 saturated carbocycles. The molecule has 0 spiro atoms. The van der Waals surface area contributed by atoms with Gasteiger partial charge in [-0.05, 0) is 43.7 Å². The molecule has 1 aliphatic heterocycles. The molecule has 2 aromatic carbocycles. The molecule has 1 unspecified atom stereocenters. The van der Waals surface area contributed by atoms with E-state index in [2.05, 4.69) is 15.3 Å². The van der Waals surface area contributed by atoms with Crippen molar-refractivity contribution in [2.45, 2.75) is 19.9 Å². The molecule has 8 heteroatoms. The quantitative estimate of drug-likeness (QED) is 0.575. The first-order valence-electron chi connectivity index (χ1n) is 8.33. The molecular weight excluding hydrogens is 368 g/mol. The Morgan fingerprint density at radius 1 is 1.26 bits per heavy atom. The number of nitrogens with zero attached hydrogens (tertiary/aromatic N) is 4. The van der Waals surface area contributed by atoms with E-state index >= 15 is 0 Å². The lowest BCUT2D eigenvalue weighted by Gasteiger charge is -2.11. The SMILES string of the molecule is CCOC(=O)C1=NN(c2ccccc2)C(=O)C1N=Nc1ccc(C)cc1Cl. The molecular formula is C19H17ClN4O3. The maximum atomic E-state index is 12.8. The van der Waals surface area contributed by atoms with Crippen molar-refractivity contribution in [2.75, 3.05) is 11.6 Å². The molecule has 0 N–H and O–H groups in total. The van der Waals surface area contributed by atoms with E-state index in [1.165, 1.54) is 0 Å². The highest BCUT2D eigenvalue weighted by molar-refractivity contribution is 6.46. The molecule has 0 aromatic heterocycles. The van der Waals surface area contributed by atoms with Gasteiger partial charge in [-0.1, -0.05) is 35.9 Å². The monoisotopic (exact) mass is 384 g/mol. The molecule has 1 amide bonds. The molecule has 138 valence electrons. The summed E-state index contributed by atoms with van der Waals surface area (Å²) in [5.74, 6) is -1.19. The Morgan fingerprint density at radius 3 is 2.67 bits per heavy atom. The van der Waals surface area contributed by atoms with Crippen LogP contribution in [0.15, 0.2) is 63.9 Å². The number of aryl methyl sites for hydroxylation is 1. The first-order chi connectivity index (χ1) is 13.0. The number of halogens is 1. The lowest BCUT2D eigenvalue weighted by molar-refractivity contribution is -0.135. The zero-order valence-corrected chi connectivity index (χ0v) is 15.6. The van der Waals surface area contributed by atoms with Gasteiger partial charge in [-0.2, -0.15) is 20.3 Å². The maximum absolute atomic E-state index is 12.8. The van der Waals surface area contributed by atoms with Crippen molar-refractivity contribution < 1.29 is 14.3 Å². The van der Waals surface area contributed by atoms with Gasteiger partial charge in [0, 0.05) is 0 Å².